The first kappa shape index (κ1) is 16.4. The molecule has 0 aliphatic heterocycles. The number of benzene rings is 1. The molecule has 0 saturated carbocycles. The number of aromatic nitrogens is 3. The summed E-state index contributed by atoms with van der Waals surface area (Å²) in [5, 5.41) is 8.33. The van der Waals surface area contributed by atoms with E-state index < -0.39 is 11.9 Å². The third kappa shape index (κ3) is 3.53. The van der Waals surface area contributed by atoms with Gasteiger partial charge in [-0.2, -0.15) is 8.78 Å². The molecule has 24 heavy (non-hydrogen) atoms. The Morgan fingerprint density at radius 3 is 2.62 bits per heavy atom. The van der Waals surface area contributed by atoms with Crippen molar-refractivity contribution in [2.24, 2.45) is 0 Å². The lowest BCUT2D eigenvalue weighted by Crippen LogP contribution is -2.14. The quantitative estimate of drug-likeness (QED) is 0.502. The summed E-state index contributed by atoms with van der Waals surface area (Å²) in [6.45, 7) is -1.12. The average molecular weight is 349 g/mol. The van der Waals surface area contributed by atoms with E-state index >= 15 is 0 Å². The minimum Gasteiger partial charge on any atom is -0.435 e. The molecular weight excluding hydrogens is 336 g/mol. The molecule has 0 aliphatic carbocycles. The van der Waals surface area contributed by atoms with Crippen LogP contribution in [0.25, 0.3) is 5.65 Å². The number of hydrogen-bond acceptors (Lipinski definition) is 5. The van der Waals surface area contributed by atoms with Crippen LogP contribution < -0.4 is 4.74 Å². The van der Waals surface area contributed by atoms with Gasteiger partial charge in [0, 0.05) is 11.8 Å². The van der Waals surface area contributed by atoms with E-state index in [1.54, 1.807) is 11.3 Å². The Bertz CT molecular complexity index is 852. The van der Waals surface area contributed by atoms with E-state index in [0.717, 1.165) is 0 Å². The average Bonchev–Trinajstić information content (AvgIpc) is 2.97. The number of hydrogen-bond donors (Lipinski definition) is 0. The van der Waals surface area contributed by atoms with Crippen LogP contribution in [0.15, 0.2) is 53.8 Å². The number of fused-ring (bicyclic) bond motifs is 1. The molecule has 0 N–H and O–H groups in total. The van der Waals surface area contributed by atoms with Gasteiger partial charge in [-0.15, -0.1) is 10.2 Å². The number of halogens is 2. The van der Waals surface area contributed by atoms with Crippen molar-refractivity contribution in [3.05, 3.63) is 54.2 Å². The zero-order chi connectivity index (χ0) is 17.1. The molecule has 0 aliphatic rings. The van der Waals surface area contributed by atoms with Crippen LogP contribution in [-0.2, 0) is 0 Å². The minimum absolute atomic E-state index is 0.0188. The van der Waals surface area contributed by atoms with Crippen LogP contribution in [-0.4, -0.2) is 32.2 Å². The van der Waals surface area contributed by atoms with Gasteiger partial charge in [-0.05, 0) is 43.3 Å². The summed E-state index contributed by atoms with van der Waals surface area (Å²) in [5.41, 5.74) is 1.12. The first-order valence-corrected chi connectivity index (χ1v) is 7.98. The summed E-state index contributed by atoms with van der Waals surface area (Å²) in [7, 11) is 0. The summed E-state index contributed by atoms with van der Waals surface area (Å²) in [6, 6.07) is 11.2. The first-order chi connectivity index (χ1) is 11.5. The van der Waals surface area contributed by atoms with Crippen LogP contribution in [0.2, 0.25) is 0 Å². The lowest BCUT2D eigenvalue weighted by Gasteiger charge is -2.10. The van der Waals surface area contributed by atoms with Crippen molar-refractivity contribution < 1.29 is 18.3 Å². The highest BCUT2D eigenvalue weighted by Crippen LogP contribution is 2.25. The molecule has 2 heterocycles. The Balaban J connectivity index is 1.72. The van der Waals surface area contributed by atoms with E-state index in [0.29, 0.717) is 16.4 Å². The lowest BCUT2D eigenvalue weighted by molar-refractivity contribution is -0.0498. The molecule has 0 bridgehead atoms. The predicted octanol–water partition coefficient (Wildman–Crippen LogP) is 3.69. The molecular formula is C16H13F2N3O2S. The summed E-state index contributed by atoms with van der Waals surface area (Å²) in [6.07, 6.45) is 1.82. The summed E-state index contributed by atoms with van der Waals surface area (Å²) < 4.78 is 30.4. The van der Waals surface area contributed by atoms with Crippen LogP contribution in [0.4, 0.5) is 8.78 Å². The fraction of sp³-hybridized carbons (Fsp3) is 0.188. The van der Waals surface area contributed by atoms with Gasteiger partial charge in [0.1, 0.15) is 5.75 Å². The van der Waals surface area contributed by atoms with E-state index in [4.69, 9.17) is 0 Å². The highest BCUT2D eigenvalue weighted by molar-refractivity contribution is 8.00. The summed E-state index contributed by atoms with van der Waals surface area (Å²) >= 11 is 1.29. The van der Waals surface area contributed by atoms with Gasteiger partial charge in [-0.3, -0.25) is 9.20 Å². The summed E-state index contributed by atoms with van der Waals surface area (Å²) in [4.78, 5) is 12.5. The molecule has 124 valence electrons. The van der Waals surface area contributed by atoms with Gasteiger partial charge >= 0.3 is 6.61 Å². The number of ether oxygens (including phenoxy) is 1. The van der Waals surface area contributed by atoms with Gasteiger partial charge in [-0.1, -0.05) is 17.8 Å². The Kier molecular flexibility index (Phi) is 4.75. The standard InChI is InChI=1S/C16H13F2N3O2S/c1-10(24-16-20-19-13-4-2-3-9-21(13)16)14(22)11-5-7-12(8-6-11)23-15(17)18/h2-10,15H,1H3/t10-/m0/s1. The van der Waals surface area contributed by atoms with Gasteiger partial charge in [-0.25, -0.2) is 0 Å². The molecule has 0 amide bonds. The van der Waals surface area contributed by atoms with Crippen LogP contribution in [0.3, 0.4) is 0 Å². The highest BCUT2D eigenvalue weighted by atomic mass is 32.2. The van der Waals surface area contributed by atoms with Crippen molar-refractivity contribution in [2.45, 2.75) is 23.9 Å². The number of alkyl halides is 2. The molecule has 5 nitrogen and oxygen atoms in total. The summed E-state index contributed by atoms with van der Waals surface area (Å²) in [5.74, 6) is -0.110. The highest BCUT2D eigenvalue weighted by Gasteiger charge is 2.19. The van der Waals surface area contributed by atoms with Gasteiger partial charge in [0.2, 0.25) is 0 Å². The molecule has 0 fully saturated rings. The van der Waals surface area contributed by atoms with Crippen LogP contribution in [0.5, 0.6) is 5.75 Å². The van der Waals surface area contributed by atoms with Crippen molar-refractivity contribution in [3.8, 4) is 5.75 Å². The van der Waals surface area contributed by atoms with Crippen molar-refractivity contribution >= 4 is 23.2 Å². The molecule has 1 aromatic carbocycles. The van der Waals surface area contributed by atoms with E-state index in [1.807, 2.05) is 24.4 Å². The van der Waals surface area contributed by atoms with Gasteiger partial charge < -0.3 is 4.74 Å². The number of rotatable bonds is 6. The monoisotopic (exact) mass is 349 g/mol. The number of nitrogens with zero attached hydrogens (tertiary/aromatic N) is 3. The van der Waals surface area contributed by atoms with Gasteiger partial charge in [0.15, 0.2) is 16.6 Å². The number of carbonyl (C=O) groups is 1. The number of carbonyl (C=O) groups excluding carboxylic acids is 1. The molecule has 2 aromatic heterocycles. The van der Waals surface area contributed by atoms with Crippen molar-refractivity contribution in [2.75, 3.05) is 0 Å². The maximum Gasteiger partial charge on any atom is 0.387 e. The van der Waals surface area contributed by atoms with E-state index in [9.17, 15) is 13.6 Å². The first-order valence-electron chi connectivity index (χ1n) is 7.10. The fourth-order valence-electron chi connectivity index (χ4n) is 2.15. The van der Waals surface area contributed by atoms with E-state index in [1.165, 1.54) is 36.0 Å². The van der Waals surface area contributed by atoms with Crippen molar-refractivity contribution in [1.82, 2.24) is 14.6 Å². The van der Waals surface area contributed by atoms with Gasteiger partial charge in [0.25, 0.3) is 0 Å². The maximum absolute atomic E-state index is 12.5. The zero-order valence-corrected chi connectivity index (χ0v) is 13.4. The molecule has 1 atom stereocenters. The smallest absolute Gasteiger partial charge is 0.387 e. The van der Waals surface area contributed by atoms with Gasteiger partial charge in [0.05, 0.1) is 5.25 Å². The molecule has 0 radical (unpaired) electrons. The molecule has 3 rings (SSSR count). The third-order valence-corrected chi connectivity index (χ3v) is 4.35. The van der Waals surface area contributed by atoms with Crippen LogP contribution >= 0.6 is 11.8 Å². The Hall–Kier alpha value is -2.48. The Labute approximate surface area is 140 Å². The number of pyridine rings is 1. The number of ketones is 1. The lowest BCUT2D eigenvalue weighted by atomic mass is 10.1. The van der Waals surface area contributed by atoms with Crippen LogP contribution in [0.1, 0.15) is 17.3 Å². The third-order valence-electron chi connectivity index (χ3n) is 3.30. The largest absolute Gasteiger partial charge is 0.435 e. The topological polar surface area (TPSA) is 56.5 Å². The minimum atomic E-state index is -2.89. The molecule has 0 unspecified atom stereocenters. The SMILES string of the molecule is C[C@H](Sc1nnc2ccccn12)C(=O)c1ccc(OC(F)F)cc1. The van der Waals surface area contributed by atoms with Crippen molar-refractivity contribution in [3.63, 3.8) is 0 Å². The van der Waals surface area contributed by atoms with E-state index in [-0.39, 0.29) is 11.5 Å². The number of thioether (sulfide) groups is 1. The Morgan fingerprint density at radius 2 is 1.92 bits per heavy atom. The second kappa shape index (κ2) is 6.96. The van der Waals surface area contributed by atoms with E-state index in [2.05, 4.69) is 14.9 Å². The molecule has 0 saturated heterocycles. The molecule has 0 spiro atoms. The fourth-order valence-corrected chi connectivity index (χ4v) is 3.06. The second-order valence-electron chi connectivity index (χ2n) is 4.94. The van der Waals surface area contributed by atoms with Crippen molar-refractivity contribution in [1.29, 1.82) is 0 Å². The normalized spacial score (nSPS) is 12.5. The predicted molar refractivity (Wildman–Crippen MR) is 85.7 cm³/mol. The second-order valence-corrected chi connectivity index (χ2v) is 6.25. The molecule has 3 aromatic rings. The maximum atomic E-state index is 12.5. The zero-order valence-electron chi connectivity index (χ0n) is 12.6. The number of Topliss-reactive ketones (excluding diaryl/α,β-unsaturated/α-hetero) is 1. The Morgan fingerprint density at radius 1 is 1.17 bits per heavy atom. The molecule has 8 heteroatoms. The van der Waals surface area contributed by atoms with Crippen LogP contribution in [0, 0.1) is 0 Å².